The number of hydrogen-bond acceptors (Lipinski definition) is 3. The number of benzene rings is 2. The molecule has 19 heavy (non-hydrogen) atoms. The minimum atomic E-state index is 0. The lowest BCUT2D eigenvalue weighted by atomic mass is 10.1. The van der Waals surface area contributed by atoms with E-state index < -0.39 is 0 Å². The first-order valence-electron chi connectivity index (χ1n) is 5.76. The molecule has 0 saturated heterocycles. The molecule has 2 rings (SSSR count). The molecule has 0 atom stereocenters. The molecule has 4 heteroatoms. The molecule has 0 spiro atoms. The van der Waals surface area contributed by atoms with Gasteiger partial charge in [0.05, 0.1) is 13.7 Å². The molecule has 1 N–H and O–H groups in total. The van der Waals surface area contributed by atoms with Crippen LogP contribution in [0.1, 0.15) is 10.4 Å². The Morgan fingerprint density at radius 3 is 2.26 bits per heavy atom. The summed E-state index contributed by atoms with van der Waals surface area (Å²) < 4.78 is 5.07. The molecule has 0 amide bonds. The van der Waals surface area contributed by atoms with Gasteiger partial charge in [0.25, 0.3) is 0 Å². The van der Waals surface area contributed by atoms with Crippen molar-refractivity contribution in [3.8, 4) is 5.75 Å². The van der Waals surface area contributed by atoms with Crippen LogP contribution in [0.5, 0.6) is 5.75 Å². The number of ether oxygens (including phenoxy) is 1. The molecule has 0 bridgehead atoms. The van der Waals surface area contributed by atoms with Crippen LogP contribution in [0, 0.1) is 0 Å². The molecule has 100 valence electrons. The first-order chi connectivity index (χ1) is 8.79. The van der Waals surface area contributed by atoms with Gasteiger partial charge < -0.3 is 10.1 Å². The summed E-state index contributed by atoms with van der Waals surface area (Å²) in [7, 11) is 1.63. The van der Waals surface area contributed by atoms with Gasteiger partial charge in [0, 0.05) is 11.3 Å². The van der Waals surface area contributed by atoms with E-state index >= 15 is 0 Å². The van der Waals surface area contributed by atoms with Gasteiger partial charge in [0.2, 0.25) is 0 Å². The van der Waals surface area contributed by atoms with Gasteiger partial charge in [-0.2, -0.15) is 0 Å². The molecular formula is C15H16ClNO2. The van der Waals surface area contributed by atoms with Gasteiger partial charge in [-0.25, -0.2) is 0 Å². The van der Waals surface area contributed by atoms with Gasteiger partial charge in [-0.3, -0.25) is 4.79 Å². The zero-order valence-corrected chi connectivity index (χ0v) is 11.4. The Morgan fingerprint density at radius 2 is 1.68 bits per heavy atom. The monoisotopic (exact) mass is 277 g/mol. The third-order valence-corrected chi connectivity index (χ3v) is 2.64. The van der Waals surface area contributed by atoms with Gasteiger partial charge in [-0.15, -0.1) is 12.4 Å². The highest BCUT2D eigenvalue weighted by Gasteiger charge is 2.04. The maximum absolute atomic E-state index is 11.9. The SMILES string of the molecule is COc1ccc(NCC(=O)c2ccccc2)cc1.Cl. The predicted octanol–water partition coefficient (Wildman–Crippen LogP) is 3.41. The van der Waals surface area contributed by atoms with Crippen LogP contribution >= 0.6 is 12.4 Å². The molecule has 0 radical (unpaired) electrons. The number of ketones is 1. The summed E-state index contributed by atoms with van der Waals surface area (Å²) >= 11 is 0. The summed E-state index contributed by atoms with van der Waals surface area (Å²) in [5.41, 5.74) is 1.62. The first-order valence-corrected chi connectivity index (χ1v) is 5.76. The van der Waals surface area contributed by atoms with E-state index in [4.69, 9.17) is 4.74 Å². The van der Waals surface area contributed by atoms with Crippen LogP contribution in [0.2, 0.25) is 0 Å². The number of halogens is 1. The van der Waals surface area contributed by atoms with Crippen LogP contribution < -0.4 is 10.1 Å². The summed E-state index contributed by atoms with van der Waals surface area (Å²) in [4.78, 5) is 11.9. The summed E-state index contributed by atoms with van der Waals surface area (Å²) in [5.74, 6) is 0.876. The van der Waals surface area contributed by atoms with Crippen molar-refractivity contribution in [3.63, 3.8) is 0 Å². The van der Waals surface area contributed by atoms with E-state index in [1.54, 1.807) is 7.11 Å². The number of methoxy groups -OCH3 is 1. The first kappa shape index (κ1) is 15.1. The van der Waals surface area contributed by atoms with E-state index in [-0.39, 0.29) is 24.7 Å². The molecule has 0 fully saturated rings. The maximum Gasteiger partial charge on any atom is 0.181 e. The largest absolute Gasteiger partial charge is 0.497 e. The maximum atomic E-state index is 11.9. The second-order valence-corrected chi connectivity index (χ2v) is 3.87. The van der Waals surface area contributed by atoms with E-state index in [1.165, 1.54) is 0 Å². The summed E-state index contributed by atoms with van der Waals surface area (Å²) in [6.07, 6.45) is 0. The van der Waals surface area contributed by atoms with Crippen LogP contribution in [0.15, 0.2) is 54.6 Å². The van der Waals surface area contributed by atoms with Crippen molar-refractivity contribution in [2.75, 3.05) is 19.0 Å². The summed E-state index contributed by atoms with van der Waals surface area (Å²) in [5, 5.41) is 3.09. The number of carbonyl (C=O) groups is 1. The minimum Gasteiger partial charge on any atom is -0.497 e. The topological polar surface area (TPSA) is 38.3 Å². The van der Waals surface area contributed by atoms with Crippen molar-refractivity contribution in [1.82, 2.24) is 0 Å². The van der Waals surface area contributed by atoms with Crippen LogP contribution in [0.25, 0.3) is 0 Å². The van der Waals surface area contributed by atoms with Gasteiger partial charge in [-0.1, -0.05) is 30.3 Å². The predicted molar refractivity (Wildman–Crippen MR) is 79.5 cm³/mol. The molecule has 0 heterocycles. The molecule has 0 saturated carbocycles. The van der Waals surface area contributed by atoms with Crippen LogP contribution in [-0.4, -0.2) is 19.4 Å². The molecule has 0 unspecified atom stereocenters. The second-order valence-electron chi connectivity index (χ2n) is 3.87. The van der Waals surface area contributed by atoms with Crippen molar-refractivity contribution in [2.24, 2.45) is 0 Å². The van der Waals surface area contributed by atoms with Crippen LogP contribution in [0.4, 0.5) is 5.69 Å². The third kappa shape index (κ3) is 4.30. The Bertz CT molecular complexity index is 511. The Hall–Kier alpha value is -2.00. The summed E-state index contributed by atoms with van der Waals surface area (Å²) in [6, 6.07) is 16.7. The normalized spacial score (nSPS) is 9.32. The van der Waals surface area contributed by atoms with Crippen molar-refractivity contribution in [1.29, 1.82) is 0 Å². The molecule has 0 aromatic heterocycles. The van der Waals surface area contributed by atoms with Gasteiger partial charge >= 0.3 is 0 Å². The third-order valence-electron chi connectivity index (χ3n) is 2.64. The molecule has 0 aliphatic heterocycles. The number of hydrogen-bond donors (Lipinski definition) is 1. The lowest BCUT2D eigenvalue weighted by Gasteiger charge is -2.06. The highest BCUT2D eigenvalue weighted by Crippen LogP contribution is 2.14. The van der Waals surface area contributed by atoms with Gasteiger partial charge in [0.1, 0.15) is 5.75 Å². The van der Waals surface area contributed by atoms with E-state index in [2.05, 4.69) is 5.32 Å². The standard InChI is InChI=1S/C15H15NO2.ClH/c1-18-14-9-7-13(8-10-14)16-11-15(17)12-5-3-2-4-6-12;/h2-10,16H,11H2,1H3;1H. The van der Waals surface area contributed by atoms with Crippen molar-refractivity contribution >= 4 is 23.9 Å². The fourth-order valence-electron chi connectivity index (χ4n) is 1.62. The molecule has 2 aromatic rings. The lowest BCUT2D eigenvalue weighted by Crippen LogP contribution is -2.13. The van der Waals surface area contributed by atoms with Crippen LogP contribution in [-0.2, 0) is 0 Å². The summed E-state index contributed by atoms with van der Waals surface area (Å²) in [6.45, 7) is 0.288. The number of anilines is 1. The Labute approximate surface area is 119 Å². The molecule has 0 aliphatic rings. The van der Waals surface area contributed by atoms with Gasteiger partial charge in [-0.05, 0) is 24.3 Å². The molecular weight excluding hydrogens is 262 g/mol. The highest BCUT2D eigenvalue weighted by atomic mass is 35.5. The van der Waals surface area contributed by atoms with Crippen molar-refractivity contribution < 1.29 is 9.53 Å². The van der Waals surface area contributed by atoms with Crippen LogP contribution in [0.3, 0.4) is 0 Å². The Morgan fingerprint density at radius 1 is 1.05 bits per heavy atom. The molecule has 0 aliphatic carbocycles. The van der Waals surface area contributed by atoms with E-state index in [0.717, 1.165) is 17.0 Å². The average Bonchev–Trinajstić information content (AvgIpc) is 2.46. The lowest BCUT2D eigenvalue weighted by molar-refractivity contribution is 0.101. The van der Waals surface area contributed by atoms with E-state index in [1.807, 2.05) is 54.6 Å². The Balaban J connectivity index is 0.00000180. The zero-order chi connectivity index (χ0) is 12.8. The number of carbonyl (C=O) groups excluding carboxylic acids is 1. The second kappa shape index (κ2) is 7.44. The number of nitrogens with one attached hydrogen (secondary N) is 1. The Kier molecular flexibility index (Phi) is 5.90. The fourth-order valence-corrected chi connectivity index (χ4v) is 1.62. The quantitative estimate of drug-likeness (QED) is 0.851. The van der Waals surface area contributed by atoms with E-state index in [9.17, 15) is 4.79 Å². The van der Waals surface area contributed by atoms with Gasteiger partial charge in [0.15, 0.2) is 5.78 Å². The fraction of sp³-hybridized carbons (Fsp3) is 0.133. The van der Waals surface area contributed by atoms with Crippen molar-refractivity contribution in [3.05, 3.63) is 60.2 Å². The average molecular weight is 278 g/mol. The highest BCUT2D eigenvalue weighted by molar-refractivity contribution is 5.98. The molecule has 2 aromatic carbocycles. The van der Waals surface area contributed by atoms with E-state index in [0.29, 0.717) is 0 Å². The number of rotatable bonds is 5. The molecule has 3 nitrogen and oxygen atoms in total. The smallest absolute Gasteiger partial charge is 0.181 e. The number of Topliss-reactive ketones (excluding diaryl/α,β-unsaturated/α-hetero) is 1. The minimum absolute atomic E-state index is 0. The zero-order valence-electron chi connectivity index (χ0n) is 10.6. The van der Waals surface area contributed by atoms with Crippen molar-refractivity contribution in [2.45, 2.75) is 0 Å².